The van der Waals surface area contributed by atoms with Gasteiger partial charge in [0, 0.05) is 26.2 Å². The van der Waals surface area contributed by atoms with E-state index in [-0.39, 0.29) is 0 Å². The fourth-order valence-corrected chi connectivity index (χ4v) is 2.17. The number of nitrogens with one attached hydrogen (secondary N) is 1. The average molecular weight is 293 g/mol. The van der Waals surface area contributed by atoms with Gasteiger partial charge in [0.1, 0.15) is 0 Å². The molecule has 0 atom stereocenters. The Morgan fingerprint density at radius 2 is 2.00 bits per heavy atom. The average Bonchev–Trinajstić information content (AvgIpc) is 2.70. The van der Waals surface area contributed by atoms with E-state index in [4.69, 9.17) is 14.2 Å². The van der Waals surface area contributed by atoms with Gasteiger partial charge in [0.15, 0.2) is 11.5 Å². The van der Waals surface area contributed by atoms with Crippen LogP contribution in [0.5, 0.6) is 11.5 Å². The molecule has 0 spiro atoms. The summed E-state index contributed by atoms with van der Waals surface area (Å²) in [4.78, 5) is 0. The van der Waals surface area contributed by atoms with Gasteiger partial charge in [-0.1, -0.05) is 19.9 Å². The van der Waals surface area contributed by atoms with Crippen LogP contribution in [0.4, 0.5) is 0 Å². The summed E-state index contributed by atoms with van der Waals surface area (Å²) in [5.41, 5.74) is 1.22. The molecule has 0 bridgehead atoms. The minimum absolute atomic E-state index is 0.611. The Labute approximate surface area is 127 Å². The third kappa shape index (κ3) is 5.94. The molecule has 1 aromatic rings. The molecule has 21 heavy (non-hydrogen) atoms. The van der Waals surface area contributed by atoms with Crippen molar-refractivity contribution < 1.29 is 14.2 Å². The van der Waals surface area contributed by atoms with Crippen LogP contribution >= 0.6 is 0 Å². The highest BCUT2D eigenvalue weighted by molar-refractivity contribution is 5.43. The molecule has 0 amide bonds. The molecule has 1 N–H and O–H groups in total. The molecule has 0 aromatic heterocycles. The van der Waals surface area contributed by atoms with Crippen molar-refractivity contribution in [2.75, 3.05) is 33.0 Å². The molecule has 0 aliphatic carbocycles. The van der Waals surface area contributed by atoms with Gasteiger partial charge in [0.2, 0.25) is 0 Å². The normalized spacial score (nSPS) is 14.2. The number of hydrogen-bond acceptors (Lipinski definition) is 4. The maximum atomic E-state index is 5.70. The molecule has 1 aliphatic rings. The molecule has 0 unspecified atom stereocenters. The zero-order chi connectivity index (χ0) is 14.9. The molecule has 0 radical (unpaired) electrons. The number of fused-ring (bicyclic) bond motifs is 1. The molecule has 0 saturated heterocycles. The van der Waals surface area contributed by atoms with Crippen molar-refractivity contribution in [1.82, 2.24) is 5.32 Å². The Morgan fingerprint density at radius 1 is 1.19 bits per heavy atom. The first-order valence-electron chi connectivity index (χ1n) is 7.92. The summed E-state index contributed by atoms with van der Waals surface area (Å²) in [7, 11) is 0. The van der Waals surface area contributed by atoms with Crippen molar-refractivity contribution in [3.05, 3.63) is 23.8 Å². The minimum Gasteiger partial charge on any atom is -0.490 e. The predicted octanol–water partition coefficient (Wildman–Crippen LogP) is 3.00. The lowest BCUT2D eigenvalue weighted by Crippen LogP contribution is -2.17. The van der Waals surface area contributed by atoms with E-state index in [0.717, 1.165) is 63.9 Å². The van der Waals surface area contributed by atoms with Crippen LogP contribution in [-0.2, 0) is 11.3 Å². The van der Waals surface area contributed by atoms with Crippen molar-refractivity contribution in [3.8, 4) is 11.5 Å². The second-order valence-electron chi connectivity index (χ2n) is 5.83. The summed E-state index contributed by atoms with van der Waals surface area (Å²) < 4.78 is 16.9. The predicted molar refractivity (Wildman–Crippen MR) is 84.0 cm³/mol. The van der Waals surface area contributed by atoms with Gasteiger partial charge in [-0.25, -0.2) is 0 Å². The molecule has 1 heterocycles. The summed E-state index contributed by atoms with van der Waals surface area (Å²) in [5.74, 6) is 2.34. The smallest absolute Gasteiger partial charge is 0.161 e. The standard InChI is InChI=1S/C17H27NO3/c1-14(2)13-19-8-3-7-18-12-15-5-6-16-17(11-15)21-10-4-9-20-16/h5-6,11,14,18H,3-4,7-10,12-13H2,1-2H3. The van der Waals surface area contributed by atoms with Gasteiger partial charge >= 0.3 is 0 Å². The van der Waals surface area contributed by atoms with E-state index in [9.17, 15) is 0 Å². The molecule has 2 rings (SSSR count). The second kappa shape index (κ2) is 8.90. The number of benzene rings is 1. The molecule has 1 aromatic carbocycles. The van der Waals surface area contributed by atoms with Crippen LogP contribution < -0.4 is 14.8 Å². The van der Waals surface area contributed by atoms with Crippen LogP contribution in [0, 0.1) is 5.92 Å². The third-order valence-corrected chi connectivity index (χ3v) is 3.23. The van der Waals surface area contributed by atoms with Crippen LogP contribution in [0.25, 0.3) is 0 Å². The zero-order valence-corrected chi connectivity index (χ0v) is 13.2. The first kappa shape index (κ1) is 16.1. The molecule has 118 valence electrons. The Kier molecular flexibility index (Phi) is 6.83. The van der Waals surface area contributed by atoms with Crippen molar-refractivity contribution >= 4 is 0 Å². The minimum atomic E-state index is 0.611. The summed E-state index contributed by atoms with van der Waals surface area (Å²) in [6.07, 6.45) is 1.98. The Balaban J connectivity index is 1.66. The first-order chi connectivity index (χ1) is 10.3. The van der Waals surface area contributed by atoms with Crippen molar-refractivity contribution in [2.45, 2.75) is 33.2 Å². The first-order valence-corrected chi connectivity index (χ1v) is 7.92. The van der Waals surface area contributed by atoms with E-state index in [2.05, 4.69) is 31.3 Å². The number of rotatable bonds is 8. The topological polar surface area (TPSA) is 39.7 Å². The van der Waals surface area contributed by atoms with Gasteiger partial charge in [0.05, 0.1) is 13.2 Å². The Bertz CT molecular complexity index is 420. The third-order valence-electron chi connectivity index (χ3n) is 3.23. The molecule has 4 heteroatoms. The Morgan fingerprint density at radius 3 is 2.81 bits per heavy atom. The summed E-state index contributed by atoms with van der Waals surface area (Å²) >= 11 is 0. The lowest BCUT2D eigenvalue weighted by Gasteiger charge is -2.10. The SMILES string of the molecule is CC(C)COCCCNCc1ccc2c(c1)OCCCO2. The highest BCUT2D eigenvalue weighted by atomic mass is 16.5. The highest BCUT2D eigenvalue weighted by Crippen LogP contribution is 2.30. The molecule has 1 aliphatic heterocycles. The van der Waals surface area contributed by atoms with E-state index in [0.29, 0.717) is 5.92 Å². The van der Waals surface area contributed by atoms with Crippen LogP contribution in [0.2, 0.25) is 0 Å². The van der Waals surface area contributed by atoms with Gasteiger partial charge in [-0.3, -0.25) is 0 Å². The van der Waals surface area contributed by atoms with Gasteiger partial charge in [-0.2, -0.15) is 0 Å². The monoisotopic (exact) mass is 293 g/mol. The van der Waals surface area contributed by atoms with Gasteiger partial charge in [0.25, 0.3) is 0 Å². The summed E-state index contributed by atoms with van der Waals surface area (Å²) in [6.45, 7) is 9.30. The Hall–Kier alpha value is -1.26. The summed E-state index contributed by atoms with van der Waals surface area (Å²) in [6, 6.07) is 6.17. The molecule has 0 saturated carbocycles. The second-order valence-corrected chi connectivity index (χ2v) is 5.83. The quantitative estimate of drug-likeness (QED) is 0.748. The lowest BCUT2D eigenvalue weighted by molar-refractivity contribution is 0.108. The zero-order valence-electron chi connectivity index (χ0n) is 13.2. The molecule has 4 nitrogen and oxygen atoms in total. The van der Waals surface area contributed by atoms with Crippen LogP contribution in [-0.4, -0.2) is 33.0 Å². The van der Waals surface area contributed by atoms with Crippen LogP contribution in [0.1, 0.15) is 32.3 Å². The van der Waals surface area contributed by atoms with Gasteiger partial charge in [-0.15, -0.1) is 0 Å². The van der Waals surface area contributed by atoms with Crippen molar-refractivity contribution in [1.29, 1.82) is 0 Å². The molecular weight excluding hydrogens is 266 g/mol. The summed E-state index contributed by atoms with van der Waals surface area (Å²) in [5, 5.41) is 3.44. The maximum absolute atomic E-state index is 5.70. The fourth-order valence-electron chi connectivity index (χ4n) is 2.17. The van der Waals surface area contributed by atoms with Gasteiger partial charge < -0.3 is 19.5 Å². The number of ether oxygens (including phenoxy) is 3. The van der Waals surface area contributed by atoms with Crippen molar-refractivity contribution in [3.63, 3.8) is 0 Å². The van der Waals surface area contributed by atoms with E-state index in [1.54, 1.807) is 0 Å². The van der Waals surface area contributed by atoms with Gasteiger partial charge in [-0.05, 0) is 36.6 Å². The van der Waals surface area contributed by atoms with Crippen molar-refractivity contribution in [2.24, 2.45) is 5.92 Å². The van der Waals surface area contributed by atoms with Crippen LogP contribution in [0.3, 0.4) is 0 Å². The van der Waals surface area contributed by atoms with E-state index < -0.39 is 0 Å². The van der Waals surface area contributed by atoms with E-state index in [1.165, 1.54) is 5.56 Å². The van der Waals surface area contributed by atoms with E-state index >= 15 is 0 Å². The fraction of sp³-hybridized carbons (Fsp3) is 0.647. The van der Waals surface area contributed by atoms with E-state index in [1.807, 2.05) is 6.07 Å². The number of hydrogen-bond donors (Lipinski definition) is 1. The lowest BCUT2D eigenvalue weighted by atomic mass is 10.2. The largest absolute Gasteiger partial charge is 0.490 e. The molecule has 0 fully saturated rings. The molecular formula is C17H27NO3. The maximum Gasteiger partial charge on any atom is 0.161 e. The van der Waals surface area contributed by atoms with Crippen LogP contribution in [0.15, 0.2) is 18.2 Å². The highest BCUT2D eigenvalue weighted by Gasteiger charge is 2.10.